The summed E-state index contributed by atoms with van der Waals surface area (Å²) in [5.41, 5.74) is -1.19. The second kappa shape index (κ2) is 12.9. The molecule has 5 rings (SSSR count). The fourth-order valence-electron chi connectivity index (χ4n) is 5.33. The maximum atomic E-state index is 13.3. The highest BCUT2D eigenvalue weighted by molar-refractivity contribution is 5.89. The first-order chi connectivity index (χ1) is 21.4. The van der Waals surface area contributed by atoms with Crippen LogP contribution in [0.15, 0.2) is 39.5 Å². The van der Waals surface area contributed by atoms with Crippen LogP contribution in [0, 0.1) is 0 Å². The minimum Gasteiger partial charge on any atom is -0.507 e. The van der Waals surface area contributed by atoms with Crippen molar-refractivity contribution in [3.8, 4) is 34.3 Å². The fraction of sp³-hybridized carbons (Fsp3) is 0.448. The van der Waals surface area contributed by atoms with Gasteiger partial charge in [0.1, 0.15) is 71.5 Å². The molecule has 2 aliphatic rings. The van der Waals surface area contributed by atoms with Crippen molar-refractivity contribution < 1.29 is 73.7 Å². The number of aliphatic hydroxyl groups is 6. The Labute approximate surface area is 253 Å². The number of carbonyl (C=O) groups excluding carboxylic acids is 1. The Hall–Kier alpha value is -3.84. The Morgan fingerprint density at radius 1 is 0.956 bits per heavy atom. The van der Waals surface area contributed by atoms with Gasteiger partial charge in [0.25, 0.3) is 0 Å². The summed E-state index contributed by atoms with van der Waals surface area (Å²) in [6.07, 6.45) is -15.2. The lowest BCUT2D eigenvalue weighted by Gasteiger charge is -2.44. The molecule has 0 spiro atoms. The fourth-order valence-corrected chi connectivity index (χ4v) is 5.33. The minimum absolute atomic E-state index is 0.0872. The zero-order valence-electron chi connectivity index (χ0n) is 23.8. The number of aliphatic hydroxyl groups excluding tert-OH is 6. The molecule has 244 valence electrons. The Bertz CT molecular complexity index is 1620. The molecule has 0 saturated carbocycles. The maximum Gasteiger partial charge on any atom is 0.308 e. The number of phenols is 2. The van der Waals surface area contributed by atoms with Crippen LogP contribution in [0.5, 0.6) is 23.0 Å². The van der Waals surface area contributed by atoms with Crippen LogP contribution in [0.1, 0.15) is 18.6 Å². The summed E-state index contributed by atoms with van der Waals surface area (Å²) in [7, 11) is 1.33. The number of carbonyl (C=O) groups is 1. The van der Waals surface area contributed by atoms with Crippen LogP contribution >= 0.6 is 0 Å². The summed E-state index contributed by atoms with van der Waals surface area (Å²) in [4.78, 5) is 24.8. The van der Waals surface area contributed by atoms with Crippen molar-refractivity contribution in [3.63, 3.8) is 0 Å². The van der Waals surface area contributed by atoms with E-state index < -0.39 is 96.8 Å². The predicted octanol–water partition coefficient (Wildman–Crippen LogP) is -1.22. The monoisotopic (exact) mass is 636 g/mol. The van der Waals surface area contributed by atoms with Gasteiger partial charge in [-0.05, 0) is 18.2 Å². The normalized spacial score (nSPS) is 30.3. The van der Waals surface area contributed by atoms with Crippen molar-refractivity contribution in [2.45, 2.75) is 62.0 Å². The van der Waals surface area contributed by atoms with Crippen LogP contribution in [0.4, 0.5) is 0 Å². The Morgan fingerprint density at radius 2 is 1.69 bits per heavy atom. The number of phenolic OH excluding ortho intramolecular Hbond substituents is 2. The molecule has 9 atom stereocenters. The molecule has 8 N–H and O–H groups in total. The number of benzene rings is 2. The summed E-state index contributed by atoms with van der Waals surface area (Å²) in [5, 5.41) is 83.0. The SMILES string of the molecule is COc1cc(-c2cc(=O)c3c(O)cc(O)c(C4OCC(O)C(O)C4OC4OC(CO)C(O)C(O)C4O)c3o2)ccc1OC(C)=O. The molecule has 1 aromatic heterocycles. The first kappa shape index (κ1) is 32.6. The van der Waals surface area contributed by atoms with Gasteiger partial charge in [0.05, 0.1) is 25.9 Å². The van der Waals surface area contributed by atoms with Crippen LogP contribution in [0.3, 0.4) is 0 Å². The Morgan fingerprint density at radius 3 is 2.36 bits per heavy atom. The van der Waals surface area contributed by atoms with E-state index in [1.54, 1.807) is 0 Å². The molecule has 0 radical (unpaired) electrons. The molecular formula is C29H32O16. The van der Waals surface area contributed by atoms with Crippen LogP contribution in [0.2, 0.25) is 0 Å². The van der Waals surface area contributed by atoms with E-state index in [4.69, 9.17) is 28.1 Å². The second-order valence-corrected chi connectivity index (χ2v) is 10.6. The van der Waals surface area contributed by atoms with E-state index in [-0.39, 0.29) is 33.8 Å². The van der Waals surface area contributed by atoms with Gasteiger partial charge >= 0.3 is 5.97 Å². The topological polar surface area (TPSA) is 255 Å². The number of rotatable bonds is 7. The van der Waals surface area contributed by atoms with E-state index in [2.05, 4.69) is 0 Å². The van der Waals surface area contributed by atoms with Crippen LogP contribution in [0.25, 0.3) is 22.3 Å². The van der Waals surface area contributed by atoms with Gasteiger partial charge < -0.3 is 69.0 Å². The summed E-state index contributed by atoms with van der Waals surface area (Å²) in [5.74, 6) is -1.81. The predicted molar refractivity (Wildman–Crippen MR) is 148 cm³/mol. The molecule has 3 heterocycles. The third kappa shape index (κ3) is 6.07. The molecule has 9 unspecified atom stereocenters. The van der Waals surface area contributed by atoms with E-state index in [9.17, 15) is 50.4 Å². The van der Waals surface area contributed by atoms with Crippen molar-refractivity contribution in [2.24, 2.45) is 0 Å². The van der Waals surface area contributed by atoms with E-state index in [0.29, 0.717) is 0 Å². The summed E-state index contributed by atoms with van der Waals surface area (Å²) in [6, 6.07) is 6.16. The number of methoxy groups -OCH3 is 1. The highest BCUT2D eigenvalue weighted by atomic mass is 16.7. The zero-order valence-corrected chi connectivity index (χ0v) is 23.8. The Balaban J connectivity index is 1.62. The van der Waals surface area contributed by atoms with Gasteiger partial charge in [0, 0.05) is 24.6 Å². The molecule has 0 bridgehead atoms. The average molecular weight is 637 g/mol. The first-order valence-corrected chi connectivity index (χ1v) is 13.7. The van der Waals surface area contributed by atoms with Crippen LogP contribution in [-0.4, -0.2) is 116 Å². The molecule has 2 aromatic carbocycles. The lowest BCUT2D eigenvalue weighted by molar-refractivity contribution is -0.336. The van der Waals surface area contributed by atoms with Crippen molar-refractivity contribution in [1.29, 1.82) is 0 Å². The van der Waals surface area contributed by atoms with Crippen molar-refractivity contribution in [3.05, 3.63) is 46.1 Å². The van der Waals surface area contributed by atoms with E-state index in [0.717, 1.165) is 12.1 Å². The molecule has 2 aliphatic heterocycles. The van der Waals surface area contributed by atoms with Crippen LogP contribution in [-0.2, 0) is 19.0 Å². The highest BCUT2D eigenvalue weighted by Crippen LogP contribution is 2.44. The van der Waals surface area contributed by atoms with Gasteiger partial charge in [0.2, 0.25) is 0 Å². The summed E-state index contributed by atoms with van der Waals surface area (Å²) >= 11 is 0. The molecule has 45 heavy (non-hydrogen) atoms. The van der Waals surface area contributed by atoms with Gasteiger partial charge in [-0.15, -0.1) is 0 Å². The molecule has 2 saturated heterocycles. The highest BCUT2D eigenvalue weighted by Gasteiger charge is 2.49. The van der Waals surface area contributed by atoms with Gasteiger partial charge in [-0.25, -0.2) is 0 Å². The Kier molecular flexibility index (Phi) is 9.31. The molecule has 16 nitrogen and oxygen atoms in total. The number of aromatic hydroxyl groups is 2. The number of hydrogen-bond acceptors (Lipinski definition) is 16. The molecule has 0 amide bonds. The van der Waals surface area contributed by atoms with Gasteiger partial charge in [-0.1, -0.05) is 0 Å². The lowest BCUT2D eigenvalue weighted by atomic mass is 9.91. The standard InChI is InChI=1S/C29H32O16/c1-10(31)42-16-4-3-11(5-18(16)40-2)17-7-14(34)20-12(32)6-13(33)21(26(20)43-17)27-28(22(36)15(35)9-41-27)45-29-25(39)24(38)23(37)19(8-30)44-29/h3-7,15,19,22-25,27-30,32-33,35-39H,8-9H2,1-2H3. The largest absolute Gasteiger partial charge is 0.507 e. The number of ether oxygens (including phenoxy) is 5. The average Bonchev–Trinajstić information content (AvgIpc) is 2.99. The van der Waals surface area contributed by atoms with E-state index in [1.165, 1.54) is 32.2 Å². The van der Waals surface area contributed by atoms with Gasteiger partial charge in [-0.3, -0.25) is 9.59 Å². The third-order valence-corrected chi connectivity index (χ3v) is 7.60. The van der Waals surface area contributed by atoms with Crippen molar-refractivity contribution >= 4 is 16.9 Å². The van der Waals surface area contributed by atoms with E-state index in [1.807, 2.05) is 0 Å². The molecular weight excluding hydrogens is 604 g/mol. The van der Waals surface area contributed by atoms with Gasteiger partial charge in [0.15, 0.2) is 28.8 Å². The number of fused-ring (bicyclic) bond motifs is 1. The minimum atomic E-state index is -1.89. The number of hydrogen-bond donors (Lipinski definition) is 8. The third-order valence-electron chi connectivity index (χ3n) is 7.60. The first-order valence-electron chi connectivity index (χ1n) is 13.7. The zero-order chi connectivity index (χ0) is 32.7. The lowest BCUT2D eigenvalue weighted by Crippen LogP contribution is -2.61. The van der Waals surface area contributed by atoms with Crippen molar-refractivity contribution in [1.82, 2.24) is 0 Å². The molecule has 16 heteroatoms. The number of esters is 1. The quantitative estimate of drug-likeness (QED) is 0.112. The molecule has 3 aromatic rings. The smallest absolute Gasteiger partial charge is 0.308 e. The molecule has 0 aliphatic carbocycles. The molecule has 2 fully saturated rings. The second-order valence-electron chi connectivity index (χ2n) is 10.6. The van der Waals surface area contributed by atoms with E-state index >= 15 is 0 Å². The van der Waals surface area contributed by atoms with Crippen LogP contribution < -0.4 is 14.9 Å². The maximum absolute atomic E-state index is 13.3. The van der Waals surface area contributed by atoms with Crippen molar-refractivity contribution in [2.75, 3.05) is 20.3 Å². The summed E-state index contributed by atoms with van der Waals surface area (Å²) in [6.45, 7) is -0.0700. The summed E-state index contributed by atoms with van der Waals surface area (Å²) < 4.78 is 33.3. The van der Waals surface area contributed by atoms with Gasteiger partial charge in [-0.2, -0.15) is 0 Å².